The van der Waals surface area contributed by atoms with Crippen molar-refractivity contribution < 1.29 is 0 Å². The second-order valence-corrected chi connectivity index (χ2v) is 13.5. The first-order valence-corrected chi connectivity index (χ1v) is 16.7. The van der Waals surface area contributed by atoms with Crippen LogP contribution in [0.25, 0.3) is 69.9 Å². The second-order valence-electron chi connectivity index (χ2n) is 12.5. The highest BCUT2D eigenvalue weighted by molar-refractivity contribution is 7.25. The molecule has 46 heavy (non-hydrogen) atoms. The zero-order valence-electron chi connectivity index (χ0n) is 24.8. The predicted octanol–water partition coefficient (Wildman–Crippen LogP) is 10.1. The van der Waals surface area contributed by atoms with Crippen molar-refractivity contribution in [2.24, 2.45) is 0 Å². The molecule has 7 aromatic carbocycles. The van der Waals surface area contributed by atoms with Gasteiger partial charge in [0.25, 0.3) is 0 Å². The Labute approximate surface area is 270 Å². The third-order valence-electron chi connectivity index (χ3n) is 10.2. The maximum atomic E-state index is 2.61. The van der Waals surface area contributed by atoms with Gasteiger partial charge in [0.15, 0.2) is 0 Å². The first-order chi connectivity index (χ1) is 22.8. The molecule has 0 fully saturated rings. The molecule has 2 aliphatic heterocycles. The largest absolute Gasteiger partial charge is 0.376 e. The Hall–Kier alpha value is -5.58. The molecule has 0 aliphatic carbocycles. The van der Waals surface area contributed by atoms with Gasteiger partial charge in [-0.2, -0.15) is 0 Å². The van der Waals surface area contributed by atoms with Crippen LogP contribution >= 0.6 is 11.3 Å². The van der Waals surface area contributed by atoms with Crippen molar-refractivity contribution >= 4 is 82.5 Å². The van der Waals surface area contributed by atoms with Gasteiger partial charge in [0.1, 0.15) is 0 Å². The summed E-state index contributed by atoms with van der Waals surface area (Å²) in [6.07, 6.45) is 0. The van der Waals surface area contributed by atoms with Gasteiger partial charge < -0.3 is 9.38 Å². The van der Waals surface area contributed by atoms with Crippen LogP contribution in [0.2, 0.25) is 0 Å². The highest BCUT2D eigenvalue weighted by Gasteiger charge is 2.43. The van der Waals surface area contributed by atoms with E-state index in [1.165, 1.54) is 92.2 Å². The topological polar surface area (TPSA) is 8.17 Å². The van der Waals surface area contributed by atoms with Crippen LogP contribution in [0, 0.1) is 0 Å². The first kappa shape index (κ1) is 24.7. The number of nitrogens with zero attached hydrogens (tertiary/aromatic N) is 2. The van der Waals surface area contributed by atoms with Crippen molar-refractivity contribution in [3.05, 3.63) is 152 Å². The summed E-state index contributed by atoms with van der Waals surface area (Å²) in [6, 6.07) is 56.4. The van der Waals surface area contributed by atoms with Crippen molar-refractivity contribution in [1.29, 1.82) is 0 Å². The third kappa shape index (κ3) is 3.12. The molecule has 212 valence electrons. The fourth-order valence-corrected chi connectivity index (χ4v) is 9.46. The van der Waals surface area contributed by atoms with E-state index >= 15 is 0 Å². The number of fused-ring (bicyclic) bond motifs is 18. The molecule has 9 aromatic rings. The van der Waals surface area contributed by atoms with Crippen molar-refractivity contribution in [2.75, 3.05) is 4.81 Å². The quantitative estimate of drug-likeness (QED) is 0.170. The zero-order valence-corrected chi connectivity index (χ0v) is 25.6. The predicted molar refractivity (Wildman–Crippen MR) is 198 cm³/mol. The number of para-hydroxylation sites is 2. The van der Waals surface area contributed by atoms with Gasteiger partial charge in [-0.05, 0) is 64.5 Å². The van der Waals surface area contributed by atoms with Crippen LogP contribution in [-0.4, -0.2) is 11.4 Å². The fraction of sp³-hybridized carbons (Fsp3) is 0. The molecule has 0 saturated carbocycles. The minimum absolute atomic E-state index is 0.0958. The maximum Gasteiger partial charge on any atom is 0.329 e. The number of aromatic nitrogens is 1. The van der Waals surface area contributed by atoms with Crippen molar-refractivity contribution in [3.63, 3.8) is 0 Å². The van der Waals surface area contributed by atoms with E-state index in [2.05, 4.69) is 161 Å². The summed E-state index contributed by atoms with van der Waals surface area (Å²) < 4.78 is 5.19. The average molecular weight is 601 g/mol. The lowest BCUT2D eigenvalue weighted by atomic mass is 9.43. The number of hydrogen-bond acceptors (Lipinski definition) is 2. The fourth-order valence-electron chi connectivity index (χ4n) is 8.33. The summed E-state index contributed by atoms with van der Waals surface area (Å²) in [5, 5.41) is 5.23. The van der Waals surface area contributed by atoms with E-state index in [4.69, 9.17) is 0 Å². The molecule has 2 nitrogen and oxygen atoms in total. The Balaban J connectivity index is 1.32. The molecular weight excluding hydrogens is 575 g/mol. The number of hydrogen-bond donors (Lipinski definition) is 0. The van der Waals surface area contributed by atoms with E-state index < -0.39 is 0 Å². The van der Waals surface area contributed by atoms with Crippen LogP contribution < -0.4 is 15.7 Å². The van der Waals surface area contributed by atoms with Crippen LogP contribution in [-0.2, 0) is 0 Å². The molecule has 2 aromatic heterocycles. The number of rotatable bonds is 1. The van der Waals surface area contributed by atoms with E-state index in [1.54, 1.807) is 0 Å². The molecule has 0 unspecified atom stereocenters. The second kappa shape index (κ2) is 9.00. The molecule has 0 radical (unpaired) electrons. The van der Waals surface area contributed by atoms with E-state index in [0.717, 1.165) is 0 Å². The summed E-state index contributed by atoms with van der Waals surface area (Å²) in [6.45, 7) is 0.0958. The van der Waals surface area contributed by atoms with Crippen LogP contribution in [0.1, 0.15) is 0 Å². The lowest BCUT2D eigenvalue weighted by molar-refractivity contribution is 1.18. The molecule has 0 N–H and O–H groups in total. The summed E-state index contributed by atoms with van der Waals surface area (Å²) in [5.74, 6) is 0. The highest BCUT2D eigenvalue weighted by Crippen LogP contribution is 2.50. The molecular formula is C42H25BN2S. The van der Waals surface area contributed by atoms with Crippen molar-refractivity contribution in [2.45, 2.75) is 0 Å². The molecule has 4 heterocycles. The van der Waals surface area contributed by atoms with Crippen molar-refractivity contribution in [1.82, 2.24) is 4.57 Å². The summed E-state index contributed by atoms with van der Waals surface area (Å²) in [7, 11) is 0. The van der Waals surface area contributed by atoms with Gasteiger partial charge in [-0.15, -0.1) is 11.3 Å². The number of benzene rings is 7. The van der Waals surface area contributed by atoms with Crippen LogP contribution in [0.3, 0.4) is 0 Å². The molecule has 0 bridgehead atoms. The minimum atomic E-state index is 0.0958. The van der Waals surface area contributed by atoms with E-state index in [-0.39, 0.29) is 6.85 Å². The number of thiophene rings is 1. The first-order valence-electron chi connectivity index (χ1n) is 15.9. The van der Waals surface area contributed by atoms with Crippen LogP contribution in [0.15, 0.2) is 152 Å². The molecule has 4 heteroatoms. The third-order valence-corrected chi connectivity index (χ3v) is 11.3. The van der Waals surface area contributed by atoms with Crippen LogP contribution in [0.4, 0.5) is 11.4 Å². The summed E-state index contributed by atoms with van der Waals surface area (Å²) in [4.78, 5) is 2.61. The highest BCUT2D eigenvalue weighted by atomic mass is 32.1. The van der Waals surface area contributed by atoms with Crippen molar-refractivity contribution in [3.8, 4) is 27.9 Å². The monoisotopic (exact) mass is 600 g/mol. The van der Waals surface area contributed by atoms with Crippen LogP contribution in [0.5, 0.6) is 0 Å². The van der Waals surface area contributed by atoms with Gasteiger partial charge in [-0.25, -0.2) is 0 Å². The Kier molecular flexibility index (Phi) is 4.83. The standard InChI is InChI=1S/C42H25BN2S/c1-2-12-26(13-3-1)44-38-24-33-29-16-7-11-21-39(29)46-40(33)25-32(38)30-22-23-37-41(42(30)44)31-17-5-9-19-35(31)43-34-18-8-4-14-27(34)28-15-6-10-20-36(28)45(37)43/h1-25H. The van der Waals surface area contributed by atoms with E-state index in [9.17, 15) is 0 Å². The molecule has 11 rings (SSSR count). The maximum absolute atomic E-state index is 2.61. The smallest absolute Gasteiger partial charge is 0.329 e. The Morgan fingerprint density at radius 2 is 1.15 bits per heavy atom. The average Bonchev–Trinajstić information content (AvgIpc) is 3.65. The van der Waals surface area contributed by atoms with Gasteiger partial charge in [0.2, 0.25) is 0 Å². The summed E-state index contributed by atoms with van der Waals surface area (Å²) in [5.41, 5.74) is 14.1. The lowest BCUT2D eigenvalue weighted by Crippen LogP contribution is -2.59. The van der Waals surface area contributed by atoms with Gasteiger partial charge in [-0.1, -0.05) is 109 Å². The Bertz CT molecular complexity index is 2720. The molecule has 0 atom stereocenters. The molecule has 0 spiro atoms. The Morgan fingerprint density at radius 1 is 0.457 bits per heavy atom. The van der Waals surface area contributed by atoms with Gasteiger partial charge in [-0.3, -0.25) is 0 Å². The molecule has 0 amide bonds. The molecule has 2 aliphatic rings. The van der Waals surface area contributed by atoms with Gasteiger partial charge in [0.05, 0.1) is 11.0 Å². The van der Waals surface area contributed by atoms with E-state index in [1.807, 2.05) is 11.3 Å². The van der Waals surface area contributed by atoms with E-state index in [0.29, 0.717) is 0 Å². The van der Waals surface area contributed by atoms with Gasteiger partial charge in [0, 0.05) is 59.1 Å². The SMILES string of the molecule is c1ccc(-n2c3cc4c(cc3c3ccc5c(c32)-c2ccccc2B2c3ccccc3-c3ccccc3N25)sc2ccccc24)cc1. The number of anilines is 2. The summed E-state index contributed by atoms with van der Waals surface area (Å²) >= 11 is 1.89. The lowest BCUT2D eigenvalue weighted by Gasteiger charge is -2.43. The normalized spacial score (nSPS) is 13.1. The molecule has 0 saturated heterocycles. The Morgan fingerprint density at radius 3 is 2.02 bits per heavy atom. The zero-order chi connectivity index (χ0) is 29.9. The minimum Gasteiger partial charge on any atom is -0.376 e. The van der Waals surface area contributed by atoms with Gasteiger partial charge >= 0.3 is 6.85 Å².